The minimum Gasteiger partial charge on any atom is -0.478 e. The Morgan fingerprint density at radius 1 is 1.04 bits per heavy atom. The molecule has 0 fully saturated rings. The van der Waals surface area contributed by atoms with E-state index in [1.165, 1.54) is 10.8 Å². The number of aryl methyl sites for hydroxylation is 2. The predicted molar refractivity (Wildman–Crippen MR) is 115 cm³/mol. The Labute approximate surface area is 164 Å². The molecule has 0 aliphatic rings. The molecule has 142 valence electrons. The fourth-order valence-electron chi connectivity index (χ4n) is 3.97. The van der Waals surface area contributed by atoms with E-state index in [1.54, 1.807) is 6.07 Å². The van der Waals surface area contributed by atoms with Crippen LogP contribution in [0.1, 0.15) is 34.3 Å². The second-order valence-corrected chi connectivity index (χ2v) is 7.27. The lowest BCUT2D eigenvalue weighted by molar-refractivity contribution is 0.0699. The van der Waals surface area contributed by atoms with E-state index >= 15 is 0 Å². The van der Waals surface area contributed by atoms with Crippen LogP contribution in [-0.2, 0) is 6.42 Å². The number of hydrogen-bond donors (Lipinski definition) is 3. The van der Waals surface area contributed by atoms with Crippen molar-refractivity contribution in [1.29, 1.82) is 0 Å². The quantitative estimate of drug-likeness (QED) is 0.403. The number of carboxylic acids is 1. The summed E-state index contributed by atoms with van der Waals surface area (Å²) in [5.74, 6) is -0.894. The van der Waals surface area contributed by atoms with Crippen molar-refractivity contribution in [2.45, 2.75) is 26.2 Å². The van der Waals surface area contributed by atoms with Gasteiger partial charge in [-0.05, 0) is 72.3 Å². The van der Waals surface area contributed by atoms with Crippen LogP contribution in [0.4, 0.5) is 0 Å². The molecule has 0 aliphatic heterocycles. The molecule has 0 unspecified atom stereocenters. The van der Waals surface area contributed by atoms with Crippen LogP contribution in [0.25, 0.3) is 32.9 Å². The summed E-state index contributed by atoms with van der Waals surface area (Å²) >= 11 is 0. The Kier molecular flexibility index (Phi) is 4.88. The van der Waals surface area contributed by atoms with Gasteiger partial charge in [-0.3, -0.25) is 0 Å². The van der Waals surface area contributed by atoms with Gasteiger partial charge in [-0.2, -0.15) is 0 Å². The molecule has 1 aromatic heterocycles. The standard InChI is InChI=1S/C24H24N2O2/c1-15-9-12-20(24(27)28)21-19(8-4-5-13-25)23(26-22(15)21)18-11-10-16-6-2-3-7-17(16)14-18/h2-3,6-7,9-12,14,26H,4-5,8,13,25H2,1H3,(H,27,28). The fraction of sp³-hybridized carbons (Fsp3) is 0.208. The predicted octanol–water partition coefficient (Wildman–Crippen LogP) is 5.28. The second-order valence-electron chi connectivity index (χ2n) is 7.27. The largest absolute Gasteiger partial charge is 0.478 e. The van der Waals surface area contributed by atoms with Gasteiger partial charge in [0.05, 0.1) is 5.56 Å². The van der Waals surface area contributed by atoms with E-state index in [1.807, 2.05) is 25.1 Å². The Morgan fingerprint density at radius 2 is 1.82 bits per heavy atom. The topological polar surface area (TPSA) is 79.1 Å². The number of unbranched alkanes of at least 4 members (excludes halogenated alkanes) is 1. The van der Waals surface area contributed by atoms with Crippen molar-refractivity contribution in [3.8, 4) is 11.3 Å². The number of rotatable bonds is 6. The number of aromatic amines is 1. The van der Waals surface area contributed by atoms with Crippen LogP contribution in [0, 0.1) is 6.92 Å². The van der Waals surface area contributed by atoms with Gasteiger partial charge in [-0.25, -0.2) is 4.79 Å². The van der Waals surface area contributed by atoms with Gasteiger partial charge < -0.3 is 15.8 Å². The second kappa shape index (κ2) is 7.49. The Bertz CT molecular complexity index is 1170. The van der Waals surface area contributed by atoms with Crippen molar-refractivity contribution in [3.05, 3.63) is 71.3 Å². The number of fused-ring (bicyclic) bond motifs is 2. The van der Waals surface area contributed by atoms with E-state index in [9.17, 15) is 9.90 Å². The van der Waals surface area contributed by atoms with Crippen molar-refractivity contribution in [1.82, 2.24) is 4.98 Å². The summed E-state index contributed by atoms with van der Waals surface area (Å²) in [4.78, 5) is 15.4. The zero-order valence-corrected chi connectivity index (χ0v) is 16.0. The number of nitrogens with two attached hydrogens (primary N) is 1. The molecule has 0 saturated carbocycles. The maximum Gasteiger partial charge on any atom is 0.336 e. The molecule has 0 aliphatic carbocycles. The molecule has 4 nitrogen and oxygen atoms in total. The first kappa shape index (κ1) is 18.3. The molecule has 28 heavy (non-hydrogen) atoms. The van der Waals surface area contributed by atoms with Crippen molar-refractivity contribution < 1.29 is 9.90 Å². The molecular formula is C24H24N2O2. The summed E-state index contributed by atoms with van der Waals surface area (Å²) in [6, 6.07) is 18.2. The first-order chi connectivity index (χ1) is 13.6. The van der Waals surface area contributed by atoms with E-state index in [4.69, 9.17) is 5.73 Å². The summed E-state index contributed by atoms with van der Waals surface area (Å²) < 4.78 is 0. The SMILES string of the molecule is Cc1ccc(C(=O)O)c2c(CCCCN)c(-c3ccc4ccccc4c3)[nH]c12. The van der Waals surface area contributed by atoms with Crippen LogP contribution in [0.15, 0.2) is 54.6 Å². The highest BCUT2D eigenvalue weighted by Crippen LogP contribution is 2.36. The fourth-order valence-corrected chi connectivity index (χ4v) is 3.97. The van der Waals surface area contributed by atoms with Gasteiger partial charge in [0.1, 0.15) is 0 Å². The van der Waals surface area contributed by atoms with Crippen LogP contribution < -0.4 is 5.73 Å². The smallest absolute Gasteiger partial charge is 0.336 e. The van der Waals surface area contributed by atoms with Crippen molar-refractivity contribution in [2.75, 3.05) is 6.54 Å². The molecule has 0 saturated heterocycles. The van der Waals surface area contributed by atoms with E-state index < -0.39 is 5.97 Å². The van der Waals surface area contributed by atoms with Crippen LogP contribution in [0.3, 0.4) is 0 Å². The molecule has 1 heterocycles. The zero-order chi connectivity index (χ0) is 19.7. The molecule has 0 atom stereocenters. The van der Waals surface area contributed by atoms with E-state index in [0.717, 1.165) is 52.5 Å². The molecule has 0 spiro atoms. The monoisotopic (exact) mass is 372 g/mol. The zero-order valence-electron chi connectivity index (χ0n) is 16.0. The molecule has 0 amide bonds. The Hall–Kier alpha value is -3.11. The Morgan fingerprint density at radius 3 is 2.57 bits per heavy atom. The summed E-state index contributed by atoms with van der Waals surface area (Å²) in [5.41, 5.74) is 11.2. The minimum absolute atomic E-state index is 0.353. The van der Waals surface area contributed by atoms with Crippen molar-refractivity contribution in [2.24, 2.45) is 5.73 Å². The average molecular weight is 372 g/mol. The number of aromatic nitrogens is 1. The number of benzene rings is 3. The van der Waals surface area contributed by atoms with E-state index in [2.05, 4.69) is 35.3 Å². The normalized spacial score (nSPS) is 11.4. The molecule has 3 aromatic carbocycles. The lowest BCUT2D eigenvalue weighted by Crippen LogP contribution is -2.01. The van der Waals surface area contributed by atoms with Gasteiger partial charge in [-0.1, -0.05) is 42.5 Å². The van der Waals surface area contributed by atoms with Crippen molar-refractivity contribution in [3.63, 3.8) is 0 Å². The van der Waals surface area contributed by atoms with Crippen LogP contribution in [0.5, 0.6) is 0 Å². The number of hydrogen-bond acceptors (Lipinski definition) is 2. The van der Waals surface area contributed by atoms with Gasteiger partial charge in [0.25, 0.3) is 0 Å². The number of H-pyrrole nitrogens is 1. The summed E-state index contributed by atoms with van der Waals surface area (Å²) in [5, 5.41) is 12.9. The third kappa shape index (κ3) is 3.16. The number of nitrogens with one attached hydrogen (secondary N) is 1. The van der Waals surface area contributed by atoms with Gasteiger partial charge in [0.15, 0.2) is 0 Å². The van der Waals surface area contributed by atoms with Gasteiger partial charge in [0.2, 0.25) is 0 Å². The van der Waals surface area contributed by atoms with Crippen molar-refractivity contribution >= 4 is 27.6 Å². The highest BCUT2D eigenvalue weighted by Gasteiger charge is 2.20. The highest BCUT2D eigenvalue weighted by atomic mass is 16.4. The molecule has 0 radical (unpaired) electrons. The molecule has 4 aromatic rings. The molecule has 4 rings (SSSR count). The number of aromatic carboxylic acids is 1. The van der Waals surface area contributed by atoms with Gasteiger partial charge >= 0.3 is 5.97 Å². The van der Waals surface area contributed by atoms with Crippen LogP contribution in [0.2, 0.25) is 0 Å². The summed E-state index contributed by atoms with van der Waals surface area (Å²) in [6.45, 7) is 2.65. The van der Waals surface area contributed by atoms with E-state index in [0.29, 0.717) is 12.1 Å². The van der Waals surface area contributed by atoms with Crippen LogP contribution >= 0.6 is 0 Å². The van der Waals surface area contributed by atoms with E-state index in [-0.39, 0.29) is 0 Å². The molecule has 0 bridgehead atoms. The van der Waals surface area contributed by atoms with Crippen LogP contribution in [-0.4, -0.2) is 22.6 Å². The first-order valence-electron chi connectivity index (χ1n) is 9.67. The third-order valence-corrected chi connectivity index (χ3v) is 5.42. The van der Waals surface area contributed by atoms with Gasteiger partial charge in [0, 0.05) is 16.6 Å². The molecule has 4 N–H and O–H groups in total. The summed E-state index contributed by atoms with van der Waals surface area (Å²) in [6.07, 6.45) is 2.64. The lowest BCUT2D eigenvalue weighted by atomic mass is 9.95. The maximum absolute atomic E-state index is 11.9. The molecular weight excluding hydrogens is 348 g/mol. The minimum atomic E-state index is -0.894. The maximum atomic E-state index is 11.9. The first-order valence-corrected chi connectivity index (χ1v) is 9.67. The number of carbonyl (C=O) groups is 1. The summed E-state index contributed by atoms with van der Waals surface area (Å²) in [7, 11) is 0. The Balaban J connectivity index is 1.97. The van der Waals surface area contributed by atoms with Gasteiger partial charge in [-0.15, -0.1) is 0 Å². The number of carboxylic acid groups (broad SMARTS) is 1. The lowest BCUT2D eigenvalue weighted by Gasteiger charge is -2.08. The third-order valence-electron chi connectivity index (χ3n) is 5.42. The average Bonchev–Trinajstić information content (AvgIpc) is 3.08. The highest BCUT2D eigenvalue weighted by molar-refractivity contribution is 6.07. The molecule has 4 heteroatoms.